The van der Waals surface area contributed by atoms with Gasteiger partial charge in [-0.25, -0.2) is 4.79 Å². The summed E-state index contributed by atoms with van der Waals surface area (Å²) in [5.41, 5.74) is 1.59. The Labute approximate surface area is 151 Å². The molecule has 0 saturated heterocycles. The third-order valence-corrected chi connectivity index (χ3v) is 3.92. The molecule has 2 aromatic carbocycles. The fraction of sp³-hybridized carbons (Fsp3) is 0.263. The van der Waals surface area contributed by atoms with Crippen LogP contribution in [0.5, 0.6) is 11.5 Å². The van der Waals surface area contributed by atoms with Crippen molar-refractivity contribution in [3.8, 4) is 11.5 Å². The van der Waals surface area contributed by atoms with Crippen LogP contribution in [0.25, 0.3) is 0 Å². The highest BCUT2D eigenvalue weighted by molar-refractivity contribution is 6.01. The maximum Gasteiger partial charge on any atom is 0.325 e. The van der Waals surface area contributed by atoms with Crippen LogP contribution < -0.4 is 25.4 Å². The molecule has 0 aromatic heterocycles. The van der Waals surface area contributed by atoms with Crippen molar-refractivity contribution < 1.29 is 19.1 Å². The molecule has 7 nitrogen and oxygen atoms in total. The predicted molar refractivity (Wildman–Crippen MR) is 97.5 cm³/mol. The summed E-state index contributed by atoms with van der Waals surface area (Å²) >= 11 is 0. The van der Waals surface area contributed by atoms with E-state index >= 15 is 0 Å². The molecular formula is C19H21N3O4. The summed E-state index contributed by atoms with van der Waals surface area (Å²) in [4.78, 5) is 23.9. The van der Waals surface area contributed by atoms with Crippen molar-refractivity contribution in [2.45, 2.75) is 13.0 Å². The van der Waals surface area contributed by atoms with Gasteiger partial charge in [0.05, 0.1) is 6.54 Å². The second-order valence-electron chi connectivity index (χ2n) is 5.87. The third-order valence-electron chi connectivity index (χ3n) is 3.92. The SMILES string of the molecule is C[C@H](NCC(=O)NC(=O)Nc1ccc2c(c1)OCCO2)c1ccccc1. The van der Waals surface area contributed by atoms with E-state index in [2.05, 4.69) is 16.0 Å². The number of anilines is 1. The van der Waals surface area contributed by atoms with Crippen LogP contribution in [0, 0.1) is 0 Å². The van der Waals surface area contributed by atoms with Gasteiger partial charge in [0.2, 0.25) is 5.91 Å². The van der Waals surface area contributed by atoms with E-state index in [-0.39, 0.29) is 12.6 Å². The molecule has 3 amide bonds. The summed E-state index contributed by atoms with van der Waals surface area (Å²) < 4.78 is 10.9. The quantitative estimate of drug-likeness (QED) is 0.767. The zero-order chi connectivity index (χ0) is 18.4. The Kier molecular flexibility index (Phi) is 5.70. The molecule has 0 fully saturated rings. The second-order valence-corrected chi connectivity index (χ2v) is 5.87. The van der Waals surface area contributed by atoms with Crippen LogP contribution in [-0.4, -0.2) is 31.7 Å². The Morgan fingerprint density at radius 1 is 1.04 bits per heavy atom. The minimum Gasteiger partial charge on any atom is -0.486 e. The lowest BCUT2D eigenvalue weighted by atomic mass is 10.1. The summed E-state index contributed by atoms with van der Waals surface area (Å²) in [6, 6.07) is 14.2. The van der Waals surface area contributed by atoms with E-state index in [1.807, 2.05) is 37.3 Å². The number of carbonyl (C=O) groups is 2. The maximum absolute atomic E-state index is 12.0. The molecule has 0 saturated carbocycles. The third kappa shape index (κ3) is 4.73. The number of imide groups is 1. The largest absolute Gasteiger partial charge is 0.486 e. The number of nitrogens with one attached hydrogen (secondary N) is 3. The Bertz CT molecular complexity index is 780. The lowest BCUT2D eigenvalue weighted by molar-refractivity contribution is -0.119. The first-order valence-electron chi connectivity index (χ1n) is 8.40. The highest BCUT2D eigenvalue weighted by atomic mass is 16.6. The molecule has 3 N–H and O–H groups in total. The molecule has 0 radical (unpaired) electrons. The van der Waals surface area contributed by atoms with Crippen LogP contribution in [0.15, 0.2) is 48.5 Å². The van der Waals surface area contributed by atoms with Crippen molar-refractivity contribution in [2.75, 3.05) is 25.1 Å². The summed E-state index contributed by atoms with van der Waals surface area (Å²) in [7, 11) is 0. The molecule has 1 heterocycles. The van der Waals surface area contributed by atoms with Crippen molar-refractivity contribution in [1.29, 1.82) is 0 Å². The average Bonchev–Trinajstić information content (AvgIpc) is 2.66. The number of benzene rings is 2. The highest BCUT2D eigenvalue weighted by Gasteiger charge is 2.14. The topological polar surface area (TPSA) is 88.7 Å². The second kappa shape index (κ2) is 8.35. The van der Waals surface area contributed by atoms with Crippen molar-refractivity contribution in [3.63, 3.8) is 0 Å². The van der Waals surface area contributed by atoms with Crippen molar-refractivity contribution in [3.05, 3.63) is 54.1 Å². The molecule has 0 bridgehead atoms. The Morgan fingerprint density at radius 2 is 1.77 bits per heavy atom. The molecule has 1 aliphatic heterocycles. The lowest BCUT2D eigenvalue weighted by Crippen LogP contribution is -2.40. The van der Waals surface area contributed by atoms with Gasteiger partial charge in [0.25, 0.3) is 0 Å². The molecule has 0 aliphatic carbocycles. The van der Waals surface area contributed by atoms with Gasteiger partial charge in [-0.05, 0) is 24.6 Å². The van der Waals surface area contributed by atoms with Gasteiger partial charge in [-0.15, -0.1) is 0 Å². The standard InChI is InChI=1S/C19H21N3O4/c1-13(14-5-3-2-4-6-14)20-12-18(23)22-19(24)21-15-7-8-16-17(11-15)26-10-9-25-16/h2-8,11,13,20H,9-10,12H2,1H3,(H2,21,22,23,24)/t13-/m0/s1. The van der Waals surface area contributed by atoms with E-state index in [4.69, 9.17) is 9.47 Å². The van der Waals surface area contributed by atoms with Crippen LogP contribution in [-0.2, 0) is 4.79 Å². The Morgan fingerprint density at radius 3 is 2.54 bits per heavy atom. The monoisotopic (exact) mass is 355 g/mol. The molecule has 26 heavy (non-hydrogen) atoms. The van der Waals surface area contributed by atoms with Crippen molar-refractivity contribution in [1.82, 2.24) is 10.6 Å². The van der Waals surface area contributed by atoms with Crippen molar-refractivity contribution in [2.24, 2.45) is 0 Å². The van der Waals surface area contributed by atoms with Crippen LogP contribution in [0.4, 0.5) is 10.5 Å². The fourth-order valence-corrected chi connectivity index (χ4v) is 2.56. The molecule has 7 heteroatoms. The van der Waals surface area contributed by atoms with Crippen molar-refractivity contribution >= 4 is 17.6 Å². The van der Waals surface area contributed by atoms with Gasteiger partial charge in [-0.1, -0.05) is 30.3 Å². The zero-order valence-electron chi connectivity index (χ0n) is 14.5. The first-order valence-corrected chi connectivity index (χ1v) is 8.40. The number of hydrogen-bond acceptors (Lipinski definition) is 5. The number of amides is 3. The summed E-state index contributed by atoms with van der Waals surface area (Å²) in [6.45, 7) is 2.96. The van der Waals surface area contributed by atoms with E-state index < -0.39 is 11.9 Å². The van der Waals surface area contributed by atoms with E-state index in [0.29, 0.717) is 30.4 Å². The molecule has 0 spiro atoms. The van der Waals surface area contributed by atoms with Crippen LogP contribution >= 0.6 is 0 Å². The molecule has 1 aliphatic rings. The molecular weight excluding hydrogens is 334 g/mol. The Balaban J connectivity index is 1.46. The first-order chi connectivity index (χ1) is 12.6. The summed E-state index contributed by atoms with van der Waals surface area (Å²) in [6.07, 6.45) is 0. The average molecular weight is 355 g/mol. The number of rotatable bonds is 5. The maximum atomic E-state index is 12.0. The van der Waals surface area contributed by atoms with E-state index in [1.54, 1.807) is 18.2 Å². The number of urea groups is 1. The number of fused-ring (bicyclic) bond motifs is 1. The minimum atomic E-state index is -0.596. The molecule has 136 valence electrons. The van der Waals surface area contributed by atoms with Crippen LogP contribution in [0.1, 0.15) is 18.5 Å². The predicted octanol–water partition coefficient (Wildman–Crippen LogP) is 2.46. The summed E-state index contributed by atoms with van der Waals surface area (Å²) in [5, 5.41) is 7.98. The Hall–Kier alpha value is -3.06. The zero-order valence-corrected chi connectivity index (χ0v) is 14.5. The normalized spacial score (nSPS) is 13.6. The van der Waals surface area contributed by atoms with Gasteiger partial charge in [0.15, 0.2) is 11.5 Å². The minimum absolute atomic E-state index is 0.00260. The molecule has 1 atom stereocenters. The number of ether oxygens (including phenoxy) is 2. The van der Waals surface area contributed by atoms with E-state index in [9.17, 15) is 9.59 Å². The van der Waals surface area contributed by atoms with Gasteiger partial charge in [0.1, 0.15) is 13.2 Å². The van der Waals surface area contributed by atoms with Gasteiger partial charge >= 0.3 is 6.03 Å². The van der Waals surface area contributed by atoms with E-state index in [0.717, 1.165) is 5.56 Å². The fourth-order valence-electron chi connectivity index (χ4n) is 2.56. The van der Waals surface area contributed by atoms with Gasteiger partial charge in [-0.2, -0.15) is 0 Å². The first kappa shape index (κ1) is 17.8. The number of carbonyl (C=O) groups excluding carboxylic acids is 2. The van der Waals surface area contributed by atoms with Crippen LogP contribution in [0.3, 0.4) is 0 Å². The molecule has 3 rings (SSSR count). The molecule has 0 unspecified atom stereocenters. The summed E-state index contributed by atoms with van der Waals surface area (Å²) in [5.74, 6) is 0.791. The van der Waals surface area contributed by atoms with Gasteiger partial charge < -0.3 is 20.1 Å². The van der Waals surface area contributed by atoms with Crippen LogP contribution in [0.2, 0.25) is 0 Å². The highest BCUT2D eigenvalue weighted by Crippen LogP contribution is 2.32. The lowest BCUT2D eigenvalue weighted by Gasteiger charge is -2.19. The van der Waals surface area contributed by atoms with Gasteiger partial charge in [0, 0.05) is 17.8 Å². The van der Waals surface area contributed by atoms with Gasteiger partial charge in [-0.3, -0.25) is 10.1 Å². The number of hydrogen-bond donors (Lipinski definition) is 3. The smallest absolute Gasteiger partial charge is 0.325 e. The van der Waals surface area contributed by atoms with E-state index in [1.165, 1.54) is 0 Å². The molecule has 2 aromatic rings.